The predicted molar refractivity (Wildman–Crippen MR) is 56.2 cm³/mol. The standard InChI is InChI=1S/C11H9ClFNO2/c1-16-7-4-6(15)8(10(13)9(7)12)11(5-14)2-3-11/h4,15H,2-3H2,1H3. The molecule has 1 N–H and O–H groups in total. The molecule has 1 aromatic rings. The third-order valence-electron chi connectivity index (χ3n) is 2.81. The molecule has 1 saturated carbocycles. The molecule has 1 fully saturated rings. The first-order chi connectivity index (χ1) is 7.55. The second-order valence-corrected chi connectivity index (χ2v) is 4.17. The van der Waals surface area contributed by atoms with Gasteiger partial charge in [0.15, 0.2) is 5.82 Å². The van der Waals surface area contributed by atoms with Gasteiger partial charge in [-0.2, -0.15) is 5.26 Å². The Bertz CT molecular complexity index is 492. The molecule has 0 saturated heterocycles. The Morgan fingerprint density at radius 2 is 2.25 bits per heavy atom. The summed E-state index contributed by atoms with van der Waals surface area (Å²) < 4.78 is 18.7. The Hall–Kier alpha value is -1.47. The molecule has 1 aliphatic rings. The molecule has 0 unspecified atom stereocenters. The third kappa shape index (κ3) is 1.40. The molecule has 0 radical (unpaired) electrons. The molecular formula is C11H9ClFNO2. The van der Waals surface area contributed by atoms with Crippen LogP contribution in [0.1, 0.15) is 18.4 Å². The Balaban J connectivity index is 2.65. The number of rotatable bonds is 2. The molecule has 0 spiro atoms. The summed E-state index contributed by atoms with van der Waals surface area (Å²) in [5, 5.41) is 18.5. The Labute approximate surface area is 97.0 Å². The van der Waals surface area contributed by atoms with Crippen LogP contribution in [0, 0.1) is 17.1 Å². The minimum Gasteiger partial charge on any atom is -0.507 e. The van der Waals surface area contributed by atoms with Crippen LogP contribution in [0.15, 0.2) is 6.07 Å². The zero-order valence-corrected chi connectivity index (χ0v) is 9.31. The van der Waals surface area contributed by atoms with Crippen LogP contribution in [0.4, 0.5) is 4.39 Å². The van der Waals surface area contributed by atoms with Crippen molar-refractivity contribution in [3.8, 4) is 17.6 Å². The minimum atomic E-state index is -0.913. The molecule has 0 bridgehead atoms. The van der Waals surface area contributed by atoms with Crippen molar-refractivity contribution < 1.29 is 14.2 Å². The van der Waals surface area contributed by atoms with E-state index in [0.717, 1.165) is 0 Å². The molecule has 0 amide bonds. The van der Waals surface area contributed by atoms with Crippen molar-refractivity contribution in [1.82, 2.24) is 0 Å². The van der Waals surface area contributed by atoms with Crippen LogP contribution in [-0.4, -0.2) is 12.2 Å². The number of halogens is 2. The monoisotopic (exact) mass is 241 g/mol. The highest BCUT2D eigenvalue weighted by molar-refractivity contribution is 6.32. The minimum absolute atomic E-state index is 0.0131. The fourth-order valence-electron chi connectivity index (χ4n) is 1.74. The van der Waals surface area contributed by atoms with Gasteiger partial charge in [0, 0.05) is 6.07 Å². The van der Waals surface area contributed by atoms with Crippen molar-refractivity contribution >= 4 is 11.6 Å². The maximum Gasteiger partial charge on any atom is 0.154 e. The Morgan fingerprint density at radius 1 is 1.62 bits per heavy atom. The topological polar surface area (TPSA) is 53.2 Å². The highest BCUT2D eigenvalue weighted by Crippen LogP contribution is 2.53. The largest absolute Gasteiger partial charge is 0.507 e. The van der Waals surface area contributed by atoms with Crippen molar-refractivity contribution in [2.45, 2.75) is 18.3 Å². The summed E-state index contributed by atoms with van der Waals surface area (Å²) >= 11 is 5.74. The Morgan fingerprint density at radius 3 is 2.69 bits per heavy atom. The molecular weight excluding hydrogens is 233 g/mol. The zero-order chi connectivity index (χ0) is 11.9. The summed E-state index contributed by atoms with van der Waals surface area (Å²) in [6.07, 6.45) is 1.08. The van der Waals surface area contributed by atoms with E-state index in [9.17, 15) is 9.50 Å². The van der Waals surface area contributed by atoms with Crippen LogP contribution < -0.4 is 4.74 Å². The second kappa shape index (κ2) is 3.53. The molecule has 16 heavy (non-hydrogen) atoms. The van der Waals surface area contributed by atoms with Crippen LogP contribution in [-0.2, 0) is 5.41 Å². The van der Waals surface area contributed by atoms with Gasteiger partial charge in [0.1, 0.15) is 16.5 Å². The van der Waals surface area contributed by atoms with E-state index in [0.29, 0.717) is 12.8 Å². The maximum absolute atomic E-state index is 13.9. The van der Waals surface area contributed by atoms with Crippen LogP contribution in [0.25, 0.3) is 0 Å². The predicted octanol–water partition coefficient (Wildman–Crippen LogP) is 2.75. The SMILES string of the molecule is COc1cc(O)c(C2(C#N)CC2)c(F)c1Cl. The van der Waals surface area contributed by atoms with E-state index in [1.165, 1.54) is 13.2 Å². The highest BCUT2D eigenvalue weighted by atomic mass is 35.5. The number of nitrogens with zero attached hydrogens (tertiary/aromatic N) is 1. The average Bonchev–Trinajstić information content (AvgIpc) is 3.04. The second-order valence-electron chi connectivity index (χ2n) is 3.79. The first-order valence-electron chi connectivity index (χ1n) is 4.72. The summed E-state index contributed by atoms with van der Waals surface area (Å²) in [5.41, 5.74) is -0.926. The van der Waals surface area contributed by atoms with Crippen molar-refractivity contribution in [2.24, 2.45) is 0 Å². The van der Waals surface area contributed by atoms with Gasteiger partial charge in [-0.1, -0.05) is 11.6 Å². The molecule has 1 aromatic carbocycles. The molecule has 84 valence electrons. The van der Waals surface area contributed by atoms with Gasteiger partial charge in [-0.3, -0.25) is 0 Å². The number of hydrogen-bond acceptors (Lipinski definition) is 3. The molecule has 0 atom stereocenters. The van der Waals surface area contributed by atoms with E-state index in [4.69, 9.17) is 21.6 Å². The average molecular weight is 242 g/mol. The zero-order valence-electron chi connectivity index (χ0n) is 8.55. The van der Waals surface area contributed by atoms with Gasteiger partial charge < -0.3 is 9.84 Å². The third-order valence-corrected chi connectivity index (χ3v) is 3.17. The molecule has 3 nitrogen and oxygen atoms in total. The van der Waals surface area contributed by atoms with E-state index < -0.39 is 11.2 Å². The van der Waals surface area contributed by atoms with Crippen LogP contribution in [0.2, 0.25) is 5.02 Å². The smallest absolute Gasteiger partial charge is 0.154 e. The Kier molecular flexibility index (Phi) is 2.43. The lowest BCUT2D eigenvalue weighted by Gasteiger charge is -2.13. The number of nitriles is 1. The van der Waals surface area contributed by atoms with Gasteiger partial charge in [0.05, 0.1) is 24.2 Å². The fraction of sp³-hybridized carbons (Fsp3) is 0.364. The van der Waals surface area contributed by atoms with E-state index in [-0.39, 0.29) is 22.1 Å². The van der Waals surface area contributed by atoms with Crippen molar-refractivity contribution in [3.63, 3.8) is 0 Å². The first-order valence-corrected chi connectivity index (χ1v) is 5.10. The maximum atomic E-state index is 13.9. The number of phenolic OH excluding ortho intramolecular Hbond substituents is 1. The van der Waals surface area contributed by atoms with Gasteiger partial charge >= 0.3 is 0 Å². The molecule has 0 aliphatic heterocycles. The summed E-state index contributed by atoms with van der Waals surface area (Å²) in [6, 6.07) is 3.25. The summed E-state index contributed by atoms with van der Waals surface area (Å²) in [7, 11) is 1.33. The lowest BCUT2D eigenvalue weighted by Crippen LogP contribution is -2.07. The van der Waals surface area contributed by atoms with Gasteiger partial charge in [0.2, 0.25) is 0 Å². The lowest BCUT2D eigenvalue weighted by molar-refractivity contribution is 0.398. The quantitative estimate of drug-likeness (QED) is 0.866. The summed E-state index contributed by atoms with van der Waals surface area (Å²) in [4.78, 5) is 0. The normalized spacial score (nSPS) is 16.6. The number of phenols is 1. The van der Waals surface area contributed by atoms with E-state index in [1.807, 2.05) is 6.07 Å². The number of benzene rings is 1. The van der Waals surface area contributed by atoms with Crippen molar-refractivity contribution in [3.05, 3.63) is 22.5 Å². The van der Waals surface area contributed by atoms with E-state index in [2.05, 4.69) is 0 Å². The van der Waals surface area contributed by atoms with Crippen molar-refractivity contribution in [1.29, 1.82) is 5.26 Å². The number of ether oxygens (including phenoxy) is 1. The van der Waals surface area contributed by atoms with Gasteiger partial charge in [-0.15, -0.1) is 0 Å². The fourth-order valence-corrected chi connectivity index (χ4v) is 1.96. The molecule has 1 aliphatic carbocycles. The number of hydrogen-bond donors (Lipinski definition) is 1. The van der Waals surface area contributed by atoms with Gasteiger partial charge in [-0.05, 0) is 12.8 Å². The molecule has 0 heterocycles. The van der Waals surface area contributed by atoms with Crippen molar-refractivity contribution in [2.75, 3.05) is 7.11 Å². The summed E-state index contributed by atoms with van der Waals surface area (Å²) in [5.74, 6) is -0.982. The lowest BCUT2D eigenvalue weighted by atomic mass is 9.96. The van der Waals surface area contributed by atoms with Crippen LogP contribution in [0.3, 0.4) is 0 Å². The summed E-state index contributed by atoms with van der Waals surface area (Å²) in [6.45, 7) is 0. The van der Waals surface area contributed by atoms with Gasteiger partial charge in [0.25, 0.3) is 0 Å². The number of methoxy groups -OCH3 is 1. The molecule has 0 aromatic heterocycles. The van der Waals surface area contributed by atoms with Crippen LogP contribution in [0.5, 0.6) is 11.5 Å². The van der Waals surface area contributed by atoms with Crippen LogP contribution >= 0.6 is 11.6 Å². The highest BCUT2D eigenvalue weighted by Gasteiger charge is 2.49. The van der Waals surface area contributed by atoms with E-state index in [1.54, 1.807) is 0 Å². The molecule has 2 rings (SSSR count). The van der Waals surface area contributed by atoms with E-state index >= 15 is 0 Å². The first kappa shape index (κ1) is 11.0. The molecule has 5 heteroatoms. The number of aromatic hydroxyl groups is 1. The van der Waals surface area contributed by atoms with Gasteiger partial charge in [-0.25, -0.2) is 4.39 Å².